The Morgan fingerprint density at radius 1 is 1.12 bits per heavy atom. The van der Waals surface area contributed by atoms with Crippen LogP contribution in [0.3, 0.4) is 0 Å². The van der Waals surface area contributed by atoms with Gasteiger partial charge in [0.15, 0.2) is 6.79 Å². The van der Waals surface area contributed by atoms with Gasteiger partial charge in [-0.05, 0) is 62.6 Å². The van der Waals surface area contributed by atoms with Crippen molar-refractivity contribution in [3.05, 3.63) is 64.7 Å². The third kappa shape index (κ3) is 4.84. The first-order valence-corrected chi connectivity index (χ1v) is 13.0. The van der Waals surface area contributed by atoms with E-state index in [4.69, 9.17) is 30.8 Å². The second kappa shape index (κ2) is 11.1. The van der Waals surface area contributed by atoms with Crippen LogP contribution in [0.25, 0.3) is 16.7 Å². The van der Waals surface area contributed by atoms with Crippen LogP contribution in [0, 0.1) is 6.92 Å². The van der Waals surface area contributed by atoms with Crippen LogP contribution in [0.2, 0.25) is 5.02 Å². The molecule has 2 aromatic carbocycles. The van der Waals surface area contributed by atoms with Gasteiger partial charge in [0, 0.05) is 11.6 Å². The zero-order chi connectivity index (χ0) is 28.4. The van der Waals surface area contributed by atoms with Crippen LogP contribution in [0.1, 0.15) is 41.5 Å². The number of imidazole rings is 1. The van der Waals surface area contributed by atoms with Crippen LogP contribution in [0.5, 0.6) is 5.75 Å². The average molecular weight is 569 g/mol. The summed E-state index contributed by atoms with van der Waals surface area (Å²) in [5, 5.41) is 9.03. The maximum Gasteiger partial charge on any atom is 0.510 e. The van der Waals surface area contributed by atoms with Crippen molar-refractivity contribution in [1.29, 1.82) is 0 Å². The number of halogens is 1. The lowest BCUT2D eigenvalue weighted by atomic mass is 9.96. The Kier molecular flexibility index (Phi) is 7.63. The van der Waals surface area contributed by atoms with E-state index in [0.717, 1.165) is 17.5 Å². The van der Waals surface area contributed by atoms with Gasteiger partial charge in [-0.2, -0.15) is 15.0 Å². The second-order valence-electron chi connectivity index (χ2n) is 9.49. The van der Waals surface area contributed by atoms with Gasteiger partial charge >= 0.3 is 6.16 Å². The maximum absolute atomic E-state index is 14.3. The fourth-order valence-corrected chi connectivity index (χ4v) is 5.33. The Morgan fingerprint density at radius 3 is 2.62 bits per heavy atom. The first kappa shape index (κ1) is 27.4. The van der Waals surface area contributed by atoms with Crippen LogP contribution >= 0.6 is 11.6 Å². The van der Waals surface area contributed by atoms with Gasteiger partial charge in [0.05, 0.1) is 54.4 Å². The highest BCUT2D eigenvalue weighted by atomic mass is 35.5. The molecule has 1 atom stereocenters. The van der Waals surface area contributed by atoms with Gasteiger partial charge in [0.2, 0.25) is 0 Å². The number of benzene rings is 2. The quantitative estimate of drug-likeness (QED) is 0.172. The zero-order valence-corrected chi connectivity index (χ0v) is 23.3. The van der Waals surface area contributed by atoms with Crippen molar-refractivity contribution in [3.63, 3.8) is 0 Å². The van der Waals surface area contributed by atoms with E-state index in [9.17, 15) is 9.59 Å². The van der Waals surface area contributed by atoms with Crippen molar-refractivity contribution in [2.45, 2.75) is 39.0 Å². The highest BCUT2D eigenvalue weighted by Crippen LogP contribution is 2.42. The maximum atomic E-state index is 14.3. The Bertz CT molecular complexity index is 1550. The van der Waals surface area contributed by atoms with Gasteiger partial charge in [0.1, 0.15) is 18.3 Å². The average Bonchev–Trinajstić information content (AvgIpc) is 3.72. The summed E-state index contributed by atoms with van der Waals surface area (Å²) in [6, 6.07) is 8.85. The number of amides is 1. The molecule has 5 rings (SSSR count). The molecule has 12 nitrogen and oxygen atoms in total. The predicted molar refractivity (Wildman–Crippen MR) is 144 cm³/mol. The van der Waals surface area contributed by atoms with Crippen LogP contribution in [-0.2, 0) is 26.5 Å². The van der Waals surface area contributed by atoms with E-state index in [-0.39, 0.29) is 19.4 Å². The molecule has 13 heteroatoms. The molecule has 0 N–H and O–H groups in total. The molecule has 1 aliphatic rings. The minimum Gasteiger partial charge on any atom is -0.497 e. The lowest BCUT2D eigenvalue weighted by Gasteiger charge is -2.35. The minimum absolute atomic E-state index is 0.00322. The normalized spacial score (nSPS) is 16.9. The Morgan fingerprint density at radius 2 is 1.90 bits per heavy atom. The van der Waals surface area contributed by atoms with Crippen molar-refractivity contribution in [1.82, 2.24) is 29.4 Å². The van der Waals surface area contributed by atoms with Gasteiger partial charge < -0.3 is 28.4 Å². The fourth-order valence-electron chi connectivity index (χ4n) is 5.18. The van der Waals surface area contributed by atoms with E-state index in [1.165, 1.54) is 11.9 Å². The fraction of sp³-hybridized carbons (Fsp3) is 0.370. The number of fused-ring (bicyclic) bond motifs is 1. The van der Waals surface area contributed by atoms with Crippen molar-refractivity contribution in [2.24, 2.45) is 0 Å². The summed E-state index contributed by atoms with van der Waals surface area (Å²) in [5.74, 6) is 0.949. The summed E-state index contributed by atoms with van der Waals surface area (Å²) in [6.45, 7) is 4.08. The molecular weight excluding hydrogens is 540 g/mol. The number of aryl methyl sites for hydroxylation is 1. The summed E-state index contributed by atoms with van der Waals surface area (Å²) < 4.78 is 22.4. The molecule has 1 amide bonds. The second-order valence-corrected chi connectivity index (χ2v) is 9.90. The molecule has 0 spiro atoms. The third-order valence-electron chi connectivity index (χ3n) is 7.18. The molecule has 210 valence electrons. The smallest absolute Gasteiger partial charge is 0.497 e. The Hall–Kier alpha value is -4.16. The summed E-state index contributed by atoms with van der Waals surface area (Å²) in [7, 11) is 2.77. The zero-order valence-electron chi connectivity index (χ0n) is 22.6. The molecule has 1 aliphatic heterocycles. The number of ether oxygens (including phenoxy) is 4. The van der Waals surface area contributed by atoms with E-state index >= 15 is 0 Å². The first-order valence-electron chi connectivity index (χ1n) is 12.6. The molecule has 3 heterocycles. The van der Waals surface area contributed by atoms with E-state index in [1.807, 2.05) is 29.4 Å². The molecule has 0 unspecified atom stereocenters. The molecule has 1 saturated heterocycles. The van der Waals surface area contributed by atoms with Crippen molar-refractivity contribution in [2.75, 3.05) is 27.6 Å². The number of aromatic nitrogens is 5. The monoisotopic (exact) mass is 568 g/mol. The van der Waals surface area contributed by atoms with Gasteiger partial charge in [0.25, 0.3) is 5.91 Å². The predicted octanol–water partition coefficient (Wildman–Crippen LogP) is 4.45. The Balaban J connectivity index is 1.57. The largest absolute Gasteiger partial charge is 0.510 e. The molecule has 2 aromatic heterocycles. The highest BCUT2D eigenvalue weighted by Gasteiger charge is 2.45. The van der Waals surface area contributed by atoms with Crippen LogP contribution in [0.4, 0.5) is 4.79 Å². The molecule has 0 bridgehead atoms. The third-order valence-corrected chi connectivity index (χ3v) is 7.59. The van der Waals surface area contributed by atoms with Gasteiger partial charge in [-0.3, -0.25) is 4.79 Å². The lowest BCUT2D eigenvalue weighted by molar-refractivity contribution is -0.0636. The molecule has 0 saturated carbocycles. The number of carbonyl (C=O) groups is 2. The van der Waals surface area contributed by atoms with Gasteiger partial charge in [-0.15, -0.1) is 0 Å². The first-order chi connectivity index (χ1) is 19.3. The number of likely N-dealkylation sites (tertiary alicyclic amines) is 1. The standard InChI is InChI=1S/C27H29ClN6O6/c1-17-20(28)7-8-21-23(17)32(15-39-16-40-26(36)38-4)25(31-21)27(2)10-5-13-33(27)24(35)19-14-18(37-3)6-9-22(19)34-29-11-12-30-34/h6-9,11-12,14H,5,10,13,15-16H2,1-4H3/t27-/m0/s1. The summed E-state index contributed by atoms with van der Waals surface area (Å²) in [5.41, 5.74) is 2.41. The topological polar surface area (TPSA) is 123 Å². The number of carbonyl (C=O) groups excluding carboxylic acids is 2. The summed E-state index contributed by atoms with van der Waals surface area (Å²) in [6.07, 6.45) is 3.68. The van der Waals surface area contributed by atoms with Crippen molar-refractivity contribution >= 4 is 34.7 Å². The van der Waals surface area contributed by atoms with Crippen molar-refractivity contribution < 1.29 is 28.5 Å². The lowest BCUT2D eigenvalue weighted by Crippen LogP contribution is -2.45. The molecular formula is C27H29ClN6O6. The van der Waals surface area contributed by atoms with Crippen LogP contribution in [0.15, 0.2) is 42.7 Å². The van der Waals surface area contributed by atoms with E-state index < -0.39 is 11.7 Å². The number of nitrogens with zero attached hydrogens (tertiary/aromatic N) is 6. The number of hydrogen-bond acceptors (Lipinski definition) is 9. The van der Waals surface area contributed by atoms with E-state index in [2.05, 4.69) is 14.9 Å². The number of rotatable bonds is 8. The molecule has 0 radical (unpaired) electrons. The number of hydrogen-bond donors (Lipinski definition) is 0. The molecule has 0 aliphatic carbocycles. The molecule has 4 aromatic rings. The van der Waals surface area contributed by atoms with Gasteiger partial charge in [-0.1, -0.05) is 11.6 Å². The Labute approximate surface area is 235 Å². The van der Waals surface area contributed by atoms with Crippen LogP contribution in [-0.4, -0.2) is 69.1 Å². The van der Waals surface area contributed by atoms with Crippen LogP contribution < -0.4 is 4.74 Å². The summed E-state index contributed by atoms with van der Waals surface area (Å²) >= 11 is 6.48. The molecule has 40 heavy (non-hydrogen) atoms. The van der Waals surface area contributed by atoms with E-state index in [1.54, 1.807) is 43.8 Å². The number of methoxy groups -OCH3 is 2. The summed E-state index contributed by atoms with van der Waals surface area (Å²) in [4.78, 5) is 33.9. The highest BCUT2D eigenvalue weighted by molar-refractivity contribution is 6.32. The minimum atomic E-state index is -0.852. The van der Waals surface area contributed by atoms with Crippen molar-refractivity contribution in [3.8, 4) is 11.4 Å². The molecule has 1 fully saturated rings. The van der Waals surface area contributed by atoms with E-state index in [0.29, 0.717) is 46.3 Å². The SMILES string of the molecule is COC(=O)OCOCn1c([C@]2(C)CCCN2C(=O)c2cc(OC)ccc2-n2nccn2)nc2ccc(Cl)c(C)c21. The van der Waals surface area contributed by atoms with Gasteiger partial charge in [-0.25, -0.2) is 9.78 Å².